The maximum Gasteiger partial charge on any atom is 0.250 e. The van der Waals surface area contributed by atoms with E-state index >= 15 is 0 Å². The van der Waals surface area contributed by atoms with Crippen LogP contribution in [0.1, 0.15) is 36.9 Å². The Bertz CT molecular complexity index is 895. The fourth-order valence-corrected chi connectivity index (χ4v) is 3.51. The second-order valence-corrected chi connectivity index (χ2v) is 7.90. The molecule has 5 nitrogen and oxygen atoms in total. The molecule has 3 N–H and O–H groups in total. The average molecular weight is 403 g/mol. The molecule has 0 aliphatic carbocycles. The van der Waals surface area contributed by atoms with E-state index < -0.39 is 5.54 Å². The van der Waals surface area contributed by atoms with E-state index in [-0.39, 0.29) is 23.7 Å². The number of nitrogens with one attached hydrogen (secondary N) is 1. The molecule has 0 fully saturated rings. The lowest BCUT2D eigenvalue weighted by Crippen LogP contribution is -2.45. The highest BCUT2D eigenvalue weighted by Gasteiger charge is 2.32. The van der Waals surface area contributed by atoms with Crippen LogP contribution < -0.4 is 11.1 Å². The lowest BCUT2D eigenvalue weighted by atomic mass is 9.85. The molecule has 0 bridgehead atoms. The van der Waals surface area contributed by atoms with Crippen LogP contribution in [0.2, 0.25) is 0 Å². The first-order chi connectivity index (χ1) is 12.3. The molecule has 2 aromatic carbocycles. The molecular weight excluding hydrogens is 380 g/mol. The van der Waals surface area contributed by atoms with E-state index in [0.717, 1.165) is 16.1 Å². The van der Waals surface area contributed by atoms with Gasteiger partial charge in [-0.1, -0.05) is 72.0 Å². The molecule has 1 heterocycles. The van der Waals surface area contributed by atoms with Gasteiger partial charge in [-0.3, -0.25) is 10.1 Å². The summed E-state index contributed by atoms with van der Waals surface area (Å²) in [6.45, 7) is 5.87. The minimum atomic E-state index is -1.15. The fourth-order valence-electron chi connectivity index (χ4n) is 2.65. The van der Waals surface area contributed by atoms with Gasteiger partial charge < -0.3 is 5.73 Å². The summed E-state index contributed by atoms with van der Waals surface area (Å²) in [5, 5.41) is 12.5. The number of carbonyl (C=O) groups is 1. The van der Waals surface area contributed by atoms with Crippen LogP contribution in [0.3, 0.4) is 0 Å². The van der Waals surface area contributed by atoms with Gasteiger partial charge in [-0.05, 0) is 31.9 Å². The predicted molar refractivity (Wildman–Crippen MR) is 112 cm³/mol. The van der Waals surface area contributed by atoms with Crippen LogP contribution in [0.25, 0.3) is 0 Å². The third kappa shape index (κ3) is 4.35. The van der Waals surface area contributed by atoms with E-state index in [1.54, 1.807) is 6.92 Å². The predicted octanol–water partition coefficient (Wildman–Crippen LogP) is 4.10. The largest absolute Gasteiger partial charge is 0.314 e. The van der Waals surface area contributed by atoms with E-state index in [1.165, 1.54) is 11.3 Å². The first-order valence-electron chi connectivity index (χ1n) is 8.37. The van der Waals surface area contributed by atoms with Gasteiger partial charge in [-0.25, -0.2) is 0 Å². The molecule has 27 heavy (non-hydrogen) atoms. The highest BCUT2D eigenvalue weighted by Crippen LogP contribution is 2.34. The zero-order valence-electron chi connectivity index (χ0n) is 15.5. The molecular formula is C20H23ClN4OS. The quantitative estimate of drug-likeness (QED) is 0.673. The molecule has 1 unspecified atom stereocenters. The van der Waals surface area contributed by atoms with Crippen molar-refractivity contribution >= 4 is 34.8 Å². The van der Waals surface area contributed by atoms with Crippen LogP contribution >= 0.6 is 23.7 Å². The molecule has 0 spiro atoms. The molecule has 1 amide bonds. The van der Waals surface area contributed by atoms with Gasteiger partial charge in [-0.2, -0.15) is 0 Å². The van der Waals surface area contributed by atoms with Gasteiger partial charge in [0, 0.05) is 5.41 Å². The van der Waals surface area contributed by atoms with Gasteiger partial charge in [0.15, 0.2) is 0 Å². The van der Waals surface area contributed by atoms with E-state index in [2.05, 4.69) is 41.5 Å². The average Bonchev–Trinajstić information content (AvgIpc) is 3.12. The number of hydrogen-bond acceptors (Lipinski definition) is 5. The number of aromatic nitrogens is 2. The van der Waals surface area contributed by atoms with Crippen LogP contribution in [-0.2, 0) is 15.7 Å². The smallest absolute Gasteiger partial charge is 0.250 e. The topological polar surface area (TPSA) is 80.9 Å². The van der Waals surface area contributed by atoms with Crippen LogP contribution in [0.5, 0.6) is 0 Å². The normalized spacial score (nSPS) is 13.3. The number of nitrogens with zero attached hydrogens (tertiary/aromatic N) is 2. The van der Waals surface area contributed by atoms with Crippen molar-refractivity contribution in [3.8, 4) is 0 Å². The standard InChI is InChI=1S/C20H22N4OS.ClH/c1-19(2,14-10-6-4-7-11-14)17-23-24-18(26-17)22-16(25)20(3,21)15-12-8-5-9-13-15;/h4-13H,21H2,1-3H3,(H,22,24,25);1H. The maximum absolute atomic E-state index is 12.7. The summed E-state index contributed by atoms with van der Waals surface area (Å²) in [6.07, 6.45) is 0. The van der Waals surface area contributed by atoms with E-state index in [1.807, 2.05) is 48.5 Å². The third-order valence-corrected chi connectivity index (χ3v) is 5.68. The summed E-state index contributed by atoms with van der Waals surface area (Å²) in [5.41, 5.74) is 6.69. The van der Waals surface area contributed by atoms with Crippen molar-refractivity contribution in [2.24, 2.45) is 5.73 Å². The summed E-state index contributed by atoms with van der Waals surface area (Å²) >= 11 is 1.36. The van der Waals surface area contributed by atoms with Gasteiger partial charge in [0.05, 0.1) is 0 Å². The Morgan fingerprint density at radius 1 is 0.926 bits per heavy atom. The van der Waals surface area contributed by atoms with Crippen molar-refractivity contribution in [3.05, 3.63) is 76.8 Å². The first kappa shape index (κ1) is 21.0. The molecule has 0 radical (unpaired) electrons. The minimum Gasteiger partial charge on any atom is -0.314 e. The van der Waals surface area contributed by atoms with Crippen LogP contribution in [0, 0.1) is 0 Å². The number of amides is 1. The highest BCUT2D eigenvalue weighted by molar-refractivity contribution is 7.15. The number of rotatable bonds is 5. The molecule has 0 saturated heterocycles. The van der Waals surface area contributed by atoms with Crippen molar-refractivity contribution in [2.75, 3.05) is 5.32 Å². The second-order valence-electron chi connectivity index (χ2n) is 6.93. The molecule has 0 aliphatic rings. The van der Waals surface area contributed by atoms with Gasteiger partial charge in [0.2, 0.25) is 5.13 Å². The monoisotopic (exact) mass is 402 g/mol. The molecule has 3 rings (SSSR count). The first-order valence-corrected chi connectivity index (χ1v) is 9.19. The van der Waals surface area contributed by atoms with Crippen molar-refractivity contribution in [1.29, 1.82) is 0 Å². The van der Waals surface area contributed by atoms with E-state index in [0.29, 0.717) is 5.13 Å². The molecule has 7 heteroatoms. The molecule has 0 saturated carbocycles. The zero-order chi connectivity index (χ0) is 18.8. The molecule has 1 aromatic heterocycles. The second kappa shape index (κ2) is 8.17. The number of carbonyl (C=O) groups excluding carboxylic acids is 1. The lowest BCUT2D eigenvalue weighted by Gasteiger charge is -2.23. The summed E-state index contributed by atoms with van der Waals surface area (Å²) in [5.74, 6) is -0.316. The van der Waals surface area contributed by atoms with Crippen molar-refractivity contribution in [3.63, 3.8) is 0 Å². The van der Waals surface area contributed by atoms with Crippen molar-refractivity contribution < 1.29 is 4.79 Å². The van der Waals surface area contributed by atoms with Crippen LogP contribution in [0.4, 0.5) is 5.13 Å². The molecule has 142 valence electrons. The SMILES string of the molecule is CC(N)(C(=O)Nc1nnc(C(C)(C)c2ccccc2)s1)c1ccccc1.Cl. The Hall–Kier alpha value is -2.28. The Morgan fingerprint density at radius 3 is 2.00 bits per heavy atom. The highest BCUT2D eigenvalue weighted by atomic mass is 35.5. The third-order valence-electron chi connectivity index (χ3n) is 4.52. The minimum absolute atomic E-state index is 0. The zero-order valence-corrected chi connectivity index (χ0v) is 17.1. The van der Waals surface area contributed by atoms with Crippen LogP contribution in [-0.4, -0.2) is 16.1 Å². The van der Waals surface area contributed by atoms with Crippen molar-refractivity contribution in [2.45, 2.75) is 31.7 Å². The fraction of sp³-hybridized carbons (Fsp3) is 0.250. The maximum atomic E-state index is 12.7. The number of anilines is 1. The van der Waals surface area contributed by atoms with Gasteiger partial charge in [0.1, 0.15) is 10.5 Å². The van der Waals surface area contributed by atoms with E-state index in [9.17, 15) is 4.79 Å². The van der Waals surface area contributed by atoms with Crippen molar-refractivity contribution in [1.82, 2.24) is 10.2 Å². The summed E-state index contributed by atoms with van der Waals surface area (Å²) in [4.78, 5) is 12.7. The summed E-state index contributed by atoms with van der Waals surface area (Å²) < 4.78 is 0. The van der Waals surface area contributed by atoms with Gasteiger partial charge >= 0.3 is 0 Å². The molecule has 1 atom stereocenters. The molecule has 0 aliphatic heterocycles. The van der Waals surface area contributed by atoms with Gasteiger partial charge in [0.25, 0.3) is 5.91 Å². The Kier molecular flexibility index (Phi) is 6.36. The number of benzene rings is 2. The lowest BCUT2D eigenvalue weighted by molar-refractivity contribution is -0.120. The van der Waals surface area contributed by atoms with E-state index in [4.69, 9.17) is 5.73 Å². The summed E-state index contributed by atoms with van der Waals surface area (Å²) in [6, 6.07) is 19.4. The van der Waals surface area contributed by atoms with Gasteiger partial charge in [-0.15, -0.1) is 22.6 Å². The Balaban J connectivity index is 0.00000261. The number of nitrogens with two attached hydrogens (primary N) is 1. The Morgan fingerprint density at radius 2 is 1.44 bits per heavy atom. The summed E-state index contributed by atoms with van der Waals surface area (Å²) in [7, 11) is 0. The van der Waals surface area contributed by atoms with Crippen LogP contribution in [0.15, 0.2) is 60.7 Å². The number of hydrogen-bond donors (Lipinski definition) is 2. The molecule has 3 aromatic rings. The Labute approximate surface area is 169 Å². The number of halogens is 1.